The number of rotatable bonds is 8. The topological polar surface area (TPSA) is 179 Å². The average molecular weight is 354 g/mol. The highest BCUT2D eigenvalue weighted by Crippen LogP contribution is 2.21. The second-order valence-electron chi connectivity index (χ2n) is 4.88. The molecule has 0 fully saturated rings. The number of carboxylic acids is 3. The van der Waals surface area contributed by atoms with Crippen molar-refractivity contribution in [3.05, 3.63) is 35.9 Å². The zero-order valence-corrected chi connectivity index (χ0v) is 12.5. The molecule has 1 rings (SSSR count). The molecule has 0 radical (unpaired) electrons. The van der Waals surface area contributed by atoms with Crippen LogP contribution in [-0.2, 0) is 23.9 Å². The average Bonchev–Trinajstić information content (AvgIpc) is 2.50. The fraction of sp³-hybridized carbons (Fsp3) is 0.200. The third kappa shape index (κ3) is 5.32. The normalized spacial score (nSPS) is 14.4. The van der Waals surface area contributed by atoms with Crippen LogP contribution >= 0.6 is 0 Å². The van der Waals surface area contributed by atoms with E-state index in [-0.39, 0.29) is 5.75 Å². The quantitative estimate of drug-likeness (QED) is 0.307. The Morgan fingerprint density at radius 3 is 2.08 bits per heavy atom. The van der Waals surface area contributed by atoms with Gasteiger partial charge in [0.1, 0.15) is 5.75 Å². The first-order valence-electron chi connectivity index (χ1n) is 6.64. The largest absolute Gasteiger partial charge is 0.508 e. The van der Waals surface area contributed by atoms with E-state index in [0.29, 0.717) is 5.56 Å². The fourth-order valence-corrected chi connectivity index (χ4v) is 1.77. The molecule has 5 N–H and O–H groups in total. The van der Waals surface area contributed by atoms with Crippen molar-refractivity contribution < 1.29 is 49.4 Å². The van der Waals surface area contributed by atoms with Gasteiger partial charge in [0.15, 0.2) is 0 Å². The summed E-state index contributed by atoms with van der Waals surface area (Å²) in [6.45, 7) is 0. The second kappa shape index (κ2) is 7.93. The van der Waals surface area contributed by atoms with Crippen LogP contribution in [0.5, 0.6) is 5.75 Å². The van der Waals surface area contributed by atoms with Crippen LogP contribution in [0.3, 0.4) is 0 Å². The highest BCUT2D eigenvalue weighted by atomic mass is 16.6. The van der Waals surface area contributed by atoms with Crippen molar-refractivity contribution in [2.75, 3.05) is 0 Å². The van der Waals surface area contributed by atoms with Crippen LogP contribution in [0.1, 0.15) is 12.0 Å². The molecule has 10 heteroatoms. The molecule has 0 saturated heterocycles. The molecule has 2 unspecified atom stereocenters. The summed E-state index contributed by atoms with van der Waals surface area (Å²) in [5, 5.41) is 45.6. The molecule has 0 heterocycles. The molecule has 0 spiro atoms. The number of aliphatic carboxylic acids is 3. The maximum absolute atomic E-state index is 11.7. The number of phenols is 1. The van der Waals surface area contributed by atoms with Gasteiger partial charge in [-0.05, 0) is 23.8 Å². The predicted molar refractivity (Wildman–Crippen MR) is 79.5 cm³/mol. The molecule has 0 saturated carbocycles. The van der Waals surface area contributed by atoms with Gasteiger partial charge in [0.2, 0.25) is 11.7 Å². The summed E-state index contributed by atoms with van der Waals surface area (Å²) in [4.78, 5) is 44.6. The van der Waals surface area contributed by atoms with E-state index in [9.17, 15) is 24.3 Å². The van der Waals surface area contributed by atoms with Gasteiger partial charge in [-0.15, -0.1) is 0 Å². The number of carbonyl (C=O) groups excluding carboxylic acids is 1. The van der Waals surface area contributed by atoms with Crippen LogP contribution < -0.4 is 0 Å². The van der Waals surface area contributed by atoms with Gasteiger partial charge in [0, 0.05) is 6.08 Å². The molecule has 1 aromatic carbocycles. The van der Waals surface area contributed by atoms with E-state index >= 15 is 0 Å². The Hall–Kier alpha value is -3.40. The van der Waals surface area contributed by atoms with Crippen molar-refractivity contribution in [1.29, 1.82) is 0 Å². The van der Waals surface area contributed by atoms with E-state index in [4.69, 9.17) is 20.4 Å². The maximum Gasteiger partial charge on any atom is 0.348 e. The van der Waals surface area contributed by atoms with Gasteiger partial charge in [-0.1, -0.05) is 12.1 Å². The Labute approximate surface area is 140 Å². The molecule has 0 aromatic heterocycles. The first-order chi connectivity index (χ1) is 11.6. The molecule has 0 amide bonds. The van der Waals surface area contributed by atoms with E-state index in [2.05, 4.69) is 4.74 Å². The Morgan fingerprint density at radius 1 is 1.08 bits per heavy atom. The first-order valence-corrected chi connectivity index (χ1v) is 6.64. The Balaban J connectivity index is 2.97. The molecule has 0 aliphatic heterocycles. The molecule has 134 valence electrons. The van der Waals surface area contributed by atoms with Gasteiger partial charge in [-0.25, -0.2) is 14.4 Å². The van der Waals surface area contributed by atoms with Gasteiger partial charge in [0.05, 0.1) is 6.42 Å². The predicted octanol–water partition coefficient (Wildman–Crippen LogP) is -0.308. The van der Waals surface area contributed by atoms with Crippen molar-refractivity contribution in [1.82, 2.24) is 0 Å². The third-order valence-electron chi connectivity index (χ3n) is 2.99. The minimum Gasteiger partial charge on any atom is -0.508 e. The molecule has 10 nitrogen and oxygen atoms in total. The summed E-state index contributed by atoms with van der Waals surface area (Å²) in [6, 6.07) is 5.49. The maximum atomic E-state index is 11.7. The summed E-state index contributed by atoms with van der Waals surface area (Å²) in [6.07, 6.45) is -2.20. The van der Waals surface area contributed by atoms with Gasteiger partial charge >= 0.3 is 23.9 Å². The third-order valence-corrected chi connectivity index (χ3v) is 2.99. The van der Waals surface area contributed by atoms with E-state index < -0.39 is 42.0 Å². The molecule has 2 atom stereocenters. The Kier molecular flexibility index (Phi) is 6.23. The number of hydrogen-bond acceptors (Lipinski definition) is 7. The monoisotopic (exact) mass is 354 g/mol. The number of phenolic OH excluding ortho intramolecular Hbond substituents is 1. The van der Waals surface area contributed by atoms with E-state index in [0.717, 1.165) is 6.08 Å². The summed E-state index contributed by atoms with van der Waals surface area (Å²) in [5.41, 5.74) is -2.92. The number of carboxylic acid groups (broad SMARTS) is 3. The van der Waals surface area contributed by atoms with E-state index in [1.807, 2.05) is 0 Å². The van der Waals surface area contributed by atoms with Crippen LogP contribution in [0, 0.1) is 0 Å². The molecule has 0 aliphatic rings. The lowest BCUT2D eigenvalue weighted by Crippen LogP contribution is -2.56. The van der Waals surface area contributed by atoms with Crippen molar-refractivity contribution in [3.63, 3.8) is 0 Å². The van der Waals surface area contributed by atoms with Crippen molar-refractivity contribution >= 4 is 30.0 Å². The van der Waals surface area contributed by atoms with Gasteiger partial charge in [0.25, 0.3) is 0 Å². The fourth-order valence-electron chi connectivity index (χ4n) is 1.77. The van der Waals surface area contributed by atoms with E-state index in [1.54, 1.807) is 0 Å². The second-order valence-corrected chi connectivity index (χ2v) is 4.88. The lowest BCUT2D eigenvalue weighted by molar-refractivity contribution is -0.195. The lowest BCUT2D eigenvalue weighted by Gasteiger charge is -2.27. The van der Waals surface area contributed by atoms with Crippen LogP contribution in [0.25, 0.3) is 6.08 Å². The number of aromatic hydroxyl groups is 1. The van der Waals surface area contributed by atoms with Crippen molar-refractivity contribution in [2.45, 2.75) is 18.1 Å². The van der Waals surface area contributed by atoms with Crippen LogP contribution in [0.2, 0.25) is 0 Å². The number of hydrogen-bond donors (Lipinski definition) is 5. The van der Waals surface area contributed by atoms with E-state index in [1.165, 1.54) is 30.3 Å². The minimum atomic E-state index is -3.35. The van der Waals surface area contributed by atoms with Crippen LogP contribution in [0.4, 0.5) is 0 Å². The SMILES string of the molecule is O=C(O)CC(O)(C(=O)O)C(OC(=O)/C=C/c1ccc(O)cc1)C(=O)O. The number of ether oxygens (including phenoxy) is 1. The molecule has 25 heavy (non-hydrogen) atoms. The van der Waals surface area contributed by atoms with Crippen molar-refractivity contribution in [2.24, 2.45) is 0 Å². The van der Waals surface area contributed by atoms with Gasteiger partial charge in [-0.2, -0.15) is 0 Å². The molecular weight excluding hydrogens is 340 g/mol. The summed E-state index contributed by atoms with van der Waals surface area (Å²) in [5.74, 6) is -7.33. The summed E-state index contributed by atoms with van der Waals surface area (Å²) < 4.78 is 4.42. The van der Waals surface area contributed by atoms with Crippen molar-refractivity contribution in [3.8, 4) is 5.75 Å². The minimum absolute atomic E-state index is 0.0224. The highest BCUT2D eigenvalue weighted by Gasteiger charge is 2.52. The number of esters is 1. The highest BCUT2D eigenvalue weighted by molar-refractivity contribution is 5.94. The molecule has 0 bridgehead atoms. The lowest BCUT2D eigenvalue weighted by atomic mass is 9.92. The molecule has 0 aliphatic carbocycles. The Bertz CT molecular complexity index is 706. The number of carbonyl (C=O) groups is 4. The molecular formula is C15H14O10. The summed E-state index contributed by atoms with van der Waals surface area (Å²) in [7, 11) is 0. The zero-order valence-electron chi connectivity index (χ0n) is 12.5. The zero-order chi connectivity index (χ0) is 19.2. The van der Waals surface area contributed by atoms with Crippen LogP contribution in [-0.4, -0.2) is 61.1 Å². The summed E-state index contributed by atoms with van der Waals surface area (Å²) >= 11 is 0. The Morgan fingerprint density at radius 2 is 1.64 bits per heavy atom. The van der Waals surface area contributed by atoms with Gasteiger partial charge in [-0.3, -0.25) is 4.79 Å². The number of benzene rings is 1. The number of aliphatic hydroxyl groups is 1. The standard InChI is InChI=1S/C15H14O10/c16-9-4-1-8(2-5-9)3-6-11(19)25-12(13(20)21)15(24,14(22)23)7-10(17)18/h1-6,12,16,24H,7H2,(H,17,18)(H,20,21)(H,22,23)/b6-3+. The smallest absolute Gasteiger partial charge is 0.348 e. The first kappa shape index (κ1) is 19.6. The molecule has 1 aromatic rings. The van der Waals surface area contributed by atoms with Crippen LogP contribution in [0.15, 0.2) is 30.3 Å². The van der Waals surface area contributed by atoms with Gasteiger partial charge < -0.3 is 30.3 Å².